The molecule has 2 heterocycles. The Morgan fingerprint density at radius 3 is 0.867 bits per heavy atom. The van der Waals surface area contributed by atoms with Crippen LogP contribution >= 0.6 is 35.7 Å². The second-order valence-electron chi connectivity index (χ2n) is 3.07. The Bertz CT molecular complexity index is 104. The normalized spacial score (nSPS) is 20.0. The Labute approximate surface area is 110 Å². The molecular weight excluding hydrogens is 389 g/mol. The van der Waals surface area contributed by atoms with E-state index in [0.717, 1.165) is 26.4 Å². The van der Waals surface area contributed by atoms with E-state index in [1.165, 1.54) is 25.7 Å². The summed E-state index contributed by atoms with van der Waals surface area (Å²) >= 11 is -3.29. The van der Waals surface area contributed by atoms with Gasteiger partial charge in [0.15, 0.2) is 0 Å². The van der Waals surface area contributed by atoms with Crippen molar-refractivity contribution >= 4 is 49.6 Å². The molecule has 0 atom stereocenters. The third-order valence-corrected chi connectivity index (χ3v) is 1.65. The first-order chi connectivity index (χ1) is 7.00. The Kier molecular flexibility index (Phi) is 12.4. The van der Waals surface area contributed by atoms with Crippen molar-refractivity contribution in [2.24, 2.45) is 0 Å². The van der Waals surface area contributed by atoms with Crippen LogP contribution in [0.25, 0.3) is 0 Å². The Morgan fingerprint density at radius 1 is 0.600 bits per heavy atom. The molecule has 0 aromatic rings. The maximum atomic E-state index is 5.04. The molecule has 0 aliphatic carbocycles. The van der Waals surface area contributed by atoms with Crippen LogP contribution in [0.4, 0.5) is 0 Å². The Morgan fingerprint density at radius 2 is 0.800 bits per heavy atom. The molecule has 0 N–H and O–H groups in total. The summed E-state index contributed by atoms with van der Waals surface area (Å²) < 4.78 is 9.89. The number of hydrogen-bond acceptors (Lipinski definition) is 2. The van der Waals surface area contributed by atoms with Gasteiger partial charge in [-0.1, -0.05) is 0 Å². The number of halogens is 4. The van der Waals surface area contributed by atoms with Crippen LogP contribution in [0.1, 0.15) is 25.7 Å². The number of ether oxygens (including phenoxy) is 2. The second-order valence-corrected chi connectivity index (χ2v) is 28.5. The van der Waals surface area contributed by atoms with E-state index in [9.17, 15) is 0 Å². The van der Waals surface area contributed by atoms with Crippen LogP contribution in [-0.2, 0) is 9.47 Å². The van der Waals surface area contributed by atoms with Crippen LogP contribution in [0.5, 0.6) is 0 Å². The molecule has 0 bridgehead atoms. The molecular formula is C8H16Cl4O2Sn. The summed E-state index contributed by atoms with van der Waals surface area (Å²) in [6.45, 7) is 4.00. The summed E-state index contributed by atoms with van der Waals surface area (Å²) in [5.41, 5.74) is 0. The van der Waals surface area contributed by atoms with Gasteiger partial charge < -0.3 is 9.47 Å². The standard InChI is InChI=1S/2C4H8O.4ClH.Sn/c2*1-2-4-5-3-1;;;;;/h2*1-4H2;4*1H;/q;;;;;;+4/p-4. The van der Waals surface area contributed by atoms with Gasteiger partial charge in [-0.3, -0.25) is 0 Å². The summed E-state index contributed by atoms with van der Waals surface area (Å²) in [4.78, 5) is 0. The molecule has 0 spiro atoms. The fourth-order valence-electron chi connectivity index (χ4n) is 1.02. The van der Waals surface area contributed by atoms with Crippen molar-refractivity contribution in [1.82, 2.24) is 0 Å². The zero-order chi connectivity index (χ0) is 11.6. The topological polar surface area (TPSA) is 18.5 Å². The van der Waals surface area contributed by atoms with E-state index in [1.807, 2.05) is 0 Å². The molecule has 0 unspecified atom stereocenters. The first-order valence-electron chi connectivity index (χ1n) is 4.91. The van der Waals surface area contributed by atoms with Crippen molar-refractivity contribution in [3.63, 3.8) is 0 Å². The van der Waals surface area contributed by atoms with Crippen molar-refractivity contribution in [2.45, 2.75) is 25.7 Å². The van der Waals surface area contributed by atoms with Gasteiger partial charge >= 0.3 is 49.6 Å². The minimum absolute atomic E-state index is 1.00. The van der Waals surface area contributed by atoms with Gasteiger partial charge in [0.2, 0.25) is 0 Å². The molecule has 15 heavy (non-hydrogen) atoms. The van der Waals surface area contributed by atoms with E-state index < -0.39 is 13.9 Å². The predicted octanol–water partition coefficient (Wildman–Crippen LogP) is 3.97. The van der Waals surface area contributed by atoms with Crippen molar-refractivity contribution in [1.29, 1.82) is 0 Å². The van der Waals surface area contributed by atoms with E-state index in [1.54, 1.807) is 0 Å². The molecule has 2 nitrogen and oxygen atoms in total. The van der Waals surface area contributed by atoms with Gasteiger partial charge in [0.05, 0.1) is 0 Å². The Balaban J connectivity index is 0.000000196. The summed E-state index contributed by atoms with van der Waals surface area (Å²) in [7, 11) is 20.1. The molecule has 0 radical (unpaired) electrons. The molecule has 92 valence electrons. The first kappa shape index (κ1) is 16.9. The summed E-state index contributed by atoms with van der Waals surface area (Å²) in [6, 6.07) is 0. The SMILES string of the molecule is C1CCOC1.C1CCOC1.[Cl][Sn]([Cl])([Cl])[Cl]. The summed E-state index contributed by atoms with van der Waals surface area (Å²) in [5, 5.41) is 0. The molecule has 0 amide bonds. The molecule has 0 aromatic carbocycles. The summed E-state index contributed by atoms with van der Waals surface area (Å²) in [5.74, 6) is 0. The summed E-state index contributed by atoms with van der Waals surface area (Å²) in [6.07, 6.45) is 5.11. The van der Waals surface area contributed by atoms with Crippen LogP contribution in [0.3, 0.4) is 0 Å². The fourth-order valence-corrected chi connectivity index (χ4v) is 1.02. The average Bonchev–Trinajstić information content (AvgIpc) is 2.81. The molecule has 2 saturated heterocycles. The van der Waals surface area contributed by atoms with E-state index >= 15 is 0 Å². The van der Waals surface area contributed by atoms with Crippen molar-refractivity contribution in [3.05, 3.63) is 0 Å². The molecule has 2 fully saturated rings. The second kappa shape index (κ2) is 11.0. The van der Waals surface area contributed by atoms with Crippen LogP contribution in [0, 0.1) is 0 Å². The van der Waals surface area contributed by atoms with Gasteiger partial charge in [0.25, 0.3) is 0 Å². The van der Waals surface area contributed by atoms with Crippen LogP contribution in [0.15, 0.2) is 0 Å². The Hall–Kier alpha value is 1.88. The van der Waals surface area contributed by atoms with Gasteiger partial charge in [-0.25, -0.2) is 0 Å². The van der Waals surface area contributed by atoms with Gasteiger partial charge in [0, 0.05) is 26.4 Å². The van der Waals surface area contributed by atoms with Crippen molar-refractivity contribution in [2.75, 3.05) is 26.4 Å². The minimum atomic E-state index is -3.29. The van der Waals surface area contributed by atoms with Crippen LogP contribution in [-0.4, -0.2) is 40.3 Å². The van der Waals surface area contributed by atoms with Crippen LogP contribution < -0.4 is 0 Å². The zero-order valence-corrected chi connectivity index (χ0v) is 14.4. The van der Waals surface area contributed by atoms with Gasteiger partial charge in [-0.2, -0.15) is 0 Å². The first-order valence-corrected chi connectivity index (χ1v) is 19.4. The zero-order valence-electron chi connectivity index (χ0n) is 8.49. The fraction of sp³-hybridized carbons (Fsp3) is 1.00. The molecule has 0 saturated carbocycles. The van der Waals surface area contributed by atoms with E-state index in [-0.39, 0.29) is 0 Å². The average molecular weight is 405 g/mol. The maximum absolute atomic E-state index is 5.04. The quantitative estimate of drug-likeness (QED) is 0.569. The van der Waals surface area contributed by atoms with Crippen molar-refractivity contribution in [3.8, 4) is 0 Å². The van der Waals surface area contributed by atoms with E-state index in [4.69, 9.17) is 45.2 Å². The van der Waals surface area contributed by atoms with E-state index in [0.29, 0.717) is 0 Å². The molecule has 7 heteroatoms. The molecule has 2 aliphatic rings. The van der Waals surface area contributed by atoms with Gasteiger partial charge in [0.1, 0.15) is 0 Å². The monoisotopic (exact) mass is 404 g/mol. The van der Waals surface area contributed by atoms with Crippen molar-refractivity contribution < 1.29 is 9.47 Å². The third-order valence-electron chi connectivity index (χ3n) is 1.65. The van der Waals surface area contributed by atoms with E-state index in [2.05, 4.69) is 0 Å². The van der Waals surface area contributed by atoms with Gasteiger partial charge in [-0.15, -0.1) is 0 Å². The molecule has 2 rings (SSSR count). The number of rotatable bonds is 0. The molecule has 2 aliphatic heterocycles. The predicted molar refractivity (Wildman–Crippen MR) is 69.3 cm³/mol. The van der Waals surface area contributed by atoms with Crippen LogP contribution in [0.2, 0.25) is 0 Å². The third kappa shape index (κ3) is 21.7. The molecule has 0 aromatic heterocycles. The number of hydrogen-bond donors (Lipinski definition) is 0. The van der Waals surface area contributed by atoms with Gasteiger partial charge in [-0.05, 0) is 25.7 Å².